The first kappa shape index (κ1) is 20.4. The fourth-order valence-corrected chi connectivity index (χ4v) is 3.74. The first-order chi connectivity index (χ1) is 14.3. The average Bonchev–Trinajstić information content (AvgIpc) is 2.71. The molecule has 1 saturated heterocycles. The number of benzene rings is 2. The van der Waals surface area contributed by atoms with Gasteiger partial charge in [0.15, 0.2) is 0 Å². The zero-order chi connectivity index (χ0) is 21.3. The van der Waals surface area contributed by atoms with E-state index in [0.717, 1.165) is 5.56 Å². The minimum Gasteiger partial charge on any atom is -0.335 e. The van der Waals surface area contributed by atoms with Crippen molar-refractivity contribution < 1.29 is 13.2 Å². The number of hydrogen-bond donors (Lipinski definition) is 0. The number of hydrogen-bond acceptors (Lipinski definition) is 4. The molecule has 1 atom stereocenters. The predicted molar refractivity (Wildman–Crippen MR) is 108 cm³/mol. The maximum absolute atomic E-state index is 14.8. The molecule has 1 unspecified atom stereocenters. The van der Waals surface area contributed by atoms with E-state index in [1.54, 1.807) is 24.3 Å². The Balaban J connectivity index is 1.49. The van der Waals surface area contributed by atoms with Gasteiger partial charge in [0.05, 0.1) is 19.0 Å². The summed E-state index contributed by atoms with van der Waals surface area (Å²) in [6.07, 6.45) is 1.44. The maximum atomic E-state index is 14.8. The van der Waals surface area contributed by atoms with Crippen molar-refractivity contribution in [2.24, 2.45) is 0 Å². The highest BCUT2D eigenvalue weighted by Gasteiger charge is 2.46. The summed E-state index contributed by atoms with van der Waals surface area (Å²) in [4.78, 5) is 21.7. The second kappa shape index (κ2) is 8.10. The van der Waals surface area contributed by atoms with Gasteiger partial charge in [-0.05, 0) is 41.8 Å². The van der Waals surface area contributed by atoms with Crippen molar-refractivity contribution in [1.82, 2.24) is 14.5 Å². The summed E-state index contributed by atoms with van der Waals surface area (Å²) >= 11 is 5.86. The molecule has 1 aliphatic heterocycles. The molecule has 9 heteroatoms. The SMILES string of the molecule is O=c1nc(N2CCC(c3ccc(F)cc3)C(F)(F)C2)ncn1Cc1ccc(Cl)cc1. The first-order valence-electron chi connectivity index (χ1n) is 9.38. The largest absolute Gasteiger partial charge is 0.352 e. The number of aromatic nitrogens is 3. The molecule has 0 aliphatic carbocycles. The number of alkyl halides is 2. The van der Waals surface area contributed by atoms with Crippen LogP contribution in [0.5, 0.6) is 0 Å². The number of halogens is 4. The Morgan fingerprint density at radius 1 is 1.10 bits per heavy atom. The Morgan fingerprint density at radius 3 is 2.43 bits per heavy atom. The molecule has 2 aromatic carbocycles. The monoisotopic (exact) mass is 434 g/mol. The molecule has 4 rings (SSSR count). The molecule has 1 aliphatic rings. The van der Waals surface area contributed by atoms with Crippen LogP contribution >= 0.6 is 11.6 Å². The molecule has 0 radical (unpaired) electrons. The normalized spacial score (nSPS) is 18.4. The molecular weight excluding hydrogens is 417 g/mol. The smallest absolute Gasteiger partial charge is 0.335 e. The van der Waals surface area contributed by atoms with Crippen molar-refractivity contribution in [1.29, 1.82) is 0 Å². The van der Waals surface area contributed by atoms with Crippen molar-refractivity contribution in [3.05, 3.63) is 87.3 Å². The van der Waals surface area contributed by atoms with Crippen LogP contribution in [0.4, 0.5) is 19.1 Å². The highest BCUT2D eigenvalue weighted by atomic mass is 35.5. The van der Waals surface area contributed by atoms with Crippen LogP contribution in [0, 0.1) is 5.82 Å². The van der Waals surface area contributed by atoms with Gasteiger partial charge in [0.25, 0.3) is 5.92 Å². The highest BCUT2D eigenvalue weighted by Crippen LogP contribution is 2.40. The number of anilines is 1. The molecule has 1 fully saturated rings. The Labute approximate surface area is 175 Å². The van der Waals surface area contributed by atoms with Crippen molar-refractivity contribution in [3.63, 3.8) is 0 Å². The zero-order valence-corrected chi connectivity index (χ0v) is 16.6. The molecule has 3 aromatic rings. The third-order valence-corrected chi connectivity index (χ3v) is 5.43. The summed E-state index contributed by atoms with van der Waals surface area (Å²) in [6, 6.07) is 12.1. The van der Waals surface area contributed by atoms with Gasteiger partial charge in [-0.1, -0.05) is 35.9 Å². The lowest BCUT2D eigenvalue weighted by atomic mass is 9.86. The summed E-state index contributed by atoms with van der Waals surface area (Å²) < 4.78 is 44.0. The van der Waals surface area contributed by atoms with Crippen LogP contribution in [0.25, 0.3) is 0 Å². The molecule has 0 N–H and O–H groups in total. The summed E-state index contributed by atoms with van der Waals surface area (Å²) in [5.41, 5.74) is 0.656. The number of nitrogens with zero attached hydrogens (tertiary/aromatic N) is 4. The van der Waals surface area contributed by atoms with Gasteiger partial charge in [-0.3, -0.25) is 4.57 Å². The third-order valence-electron chi connectivity index (χ3n) is 5.17. The van der Waals surface area contributed by atoms with Gasteiger partial charge < -0.3 is 4.90 Å². The second-order valence-electron chi connectivity index (χ2n) is 7.27. The first-order valence-corrected chi connectivity index (χ1v) is 9.76. The van der Waals surface area contributed by atoms with Crippen LogP contribution in [0.15, 0.2) is 59.7 Å². The summed E-state index contributed by atoms with van der Waals surface area (Å²) in [7, 11) is 0. The van der Waals surface area contributed by atoms with Crippen LogP contribution in [0.1, 0.15) is 23.5 Å². The standard InChI is InChI=1S/C21H18ClF3N4O/c22-16-5-1-14(2-6-16)11-29-13-26-19(27-20(29)30)28-10-9-18(21(24,25)12-28)15-3-7-17(23)8-4-15/h1-8,13,18H,9-12H2. The predicted octanol–water partition coefficient (Wildman–Crippen LogP) is 4.11. The van der Waals surface area contributed by atoms with E-state index >= 15 is 0 Å². The molecule has 0 saturated carbocycles. The van der Waals surface area contributed by atoms with E-state index < -0.39 is 29.9 Å². The number of rotatable bonds is 4. The molecule has 2 heterocycles. The van der Waals surface area contributed by atoms with E-state index in [9.17, 15) is 18.0 Å². The molecule has 30 heavy (non-hydrogen) atoms. The Morgan fingerprint density at radius 2 is 1.80 bits per heavy atom. The highest BCUT2D eigenvalue weighted by molar-refractivity contribution is 6.30. The topological polar surface area (TPSA) is 51.0 Å². The summed E-state index contributed by atoms with van der Waals surface area (Å²) in [5.74, 6) is -4.59. The van der Waals surface area contributed by atoms with Gasteiger partial charge in [0.2, 0.25) is 5.95 Å². The van der Waals surface area contributed by atoms with Crippen molar-refractivity contribution in [3.8, 4) is 0 Å². The van der Waals surface area contributed by atoms with Gasteiger partial charge in [-0.25, -0.2) is 22.9 Å². The molecular formula is C21H18ClF3N4O. The third kappa shape index (κ3) is 4.33. The molecule has 156 valence electrons. The lowest BCUT2D eigenvalue weighted by molar-refractivity contribution is -0.0335. The molecule has 5 nitrogen and oxygen atoms in total. The molecule has 0 spiro atoms. The van der Waals surface area contributed by atoms with Gasteiger partial charge in [-0.2, -0.15) is 4.98 Å². The summed E-state index contributed by atoms with van der Waals surface area (Å²) in [6.45, 7) is -0.104. The van der Waals surface area contributed by atoms with Crippen LogP contribution in [0.3, 0.4) is 0 Å². The van der Waals surface area contributed by atoms with E-state index in [1.807, 2.05) is 0 Å². The average molecular weight is 435 g/mol. The Kier molecular flexibility index (Phi) is 5.51. The Hall–Kier alpha value is -2.87. The summed E-state index contributed by atoms with van der Waals surface area (Å²) in [5, 5.41) is 0.586. The van der Waals surface area contributed by atoms with Gasteiger partial charge in [0, 0.05) is 11.6 Å². The van der Waals surface area contributed by atoms with E-state index in [0.29, 0.717) is 10.6 Å². The van der Waals surface area contributed by atoms with Crippen molar-refractivity contribution in [2.75, 3.05) is 18.0 Å². The van der Waals surface area contributed by atoms with E-state index in [1.165, 1.54) is 40.1 Å². The van der Waals surface area contributed by atoms with E-state index in [2.05, 4.69) is 9.97 Å². The van der Waals surface area contributed by atoms with Crippen LogP contribution in [-0.2, 0) is 6.54 Å². The van der Waals surface area contributed by atoms with Crippen LogP contribution in [0.2, 0.25) is 5.02 Å². The zero-order valence-electron chi connectivity index (χ0n) is 15.8. The van der Waals surface area contributed by atoms with Crippen molar-refractivity contribution in [2.45, 2.75) is 24.8 Å². The van der Waals surface area contributed by atoms with Crippen molar-refractivity contribution >= 4 is 17.5 Å². The minimum absolute atomic E-state index is 0.0235. The molecule has 0 bridgehead atoms. The Bertz CT molecular complexity index is 1090. The van der Waals surface area contributed by atoms with E-state index in [4.69, 9.17) is 11.6 Å². The van der Waals surface area contributed by atoms with Crippen LogP contribution < -0.4 is 10.6 Å². The molecule has 0 amide bonds. The van der Waals surface area contributed by atoms with E-state index in [-0.39, 0.29) is 25.5 Å². The fourth-order valence-electron chi connectivity index (χ4n) is 3.61. The maximum Gasteiger partial charge on any atom is 0.352 e. The number of piperidine rings is 1. The van der Waals surface area contributed by atoms with Gasteiger partial charge >= 0.3 is 5.69 Å². The molecule has 1 aromatic heterocycles. The minimum atomic E-state index is -3.07. The van der Waals surface area contributed by atoms with Gasteiger partial charge in [0.1, 0.15) is 12.1 Å². The van der Waals surface area contributed by atoms with Gasteiger partial charge in [-0.15, -0.1) is 0 Å². The lowest BCUT2D eigenvalue weighted by Crippen LogP contribution is -2.48. The van der Waals surface area contributed by atoms with Crippen LogP contribution in [-0.4, -0.2) is 33.5 Å². The lowest BCUT2D eigenvalue weighted by Gasteiger charge is -2.38. The fraction of sp³-hybridized carbons (Fsp3) is 0.286. The quantitative estimate of drug-likeness (QED) is 0.620. The second-order valence-corrected chi connectivity index (χ2v) is 7.71.